The van der Waals surface area contributed by atoms with Gasteiger partial charge in [0.1, 0.15) is 12.1 Å². The molecule has 0 saturated heterocycles. The van der Waals surface area contributed by atoms with Gasteiger partial charge in [0, 0.05) is 11.8 Å². The van der Waals surface area contributed by atoms with Crippen LogP contribution in [-0.4, -0.2) is 28.2 Å². The van der Waals surface area contributed by atoms with Gasteiger partial charge in [-0.25, -0.2) is 9.97 Å². The maximum Gasteiger partial charge on any atom is 0.306 e. The monoisotopic (exact) mass is 246 g/mol. The van der Waals surface area contributed by atoms with Gasteiger partial charge >= 0.3 is 5.97 Å². The van der Waals surface area contributed by atoms with E-state index < -0.39 is 11.9 Å². The summed E-state index contributed by atoms with van der Waals surface area (Å²) in [4.78, 5) is 19.2. The zero-order valence-electron chi connectivity index (χ0n) is 10.3. The lowest BCUT2D eigenvalue weighted by atomic mass is 10.0. The molecule has 5 heteroatoms. The fourth-order valence-corrected chi connectivity index (χ4v) is 1.76. The van der Waals surface area contributed by atoms with E-state index in [2.05, 4.69) is 9.97 Å². The highest BCUT2D eigenvalue weighted by Gasteiger charge is 2.15. The molecule has 1 unspecified atom stereocenters. The summed E-state index contributed by atoms with van der Waals surface area (Å²) in [6, 6.07) is 5.49. The van der Waals surface area contributed by atoms with Crippen LogP contribution in [-0.2, 0) is 11.2 Å². The SMILES string of the molecule is COc1ccc2ncnc(CC(C)C(=O)O)c2c1. The number of rotatable bonds is 4. The number of hydrogen-bond acceptors (Lipinski definition) is 4. The summed E-state index contributed by atoms with van der Waals surface area (Å²) in [5.74, 6) is -0.597. The number of ether oxygens (including phenoxy) is 1. The molecule has 2 rings (SSSR count). The fraction of sp³-hybridized carbons (Fsp3) is 0.308. The van der Waals surface area contributed by atoms with Gasteiger partial charge in [0.2, 0.25) is 0 Å². The molecule has 94 valence electrons. The Balaban J connectivity index is 2.46. The van der Waals surface area contributed by atoms with E-state index in [-0.39, 0.29) is 0 Å². The number of carbonyl (C=O) groups is 1. The molecule has 5 nitrogen and oxygen atoms in total. The number of carboxylic acid groups (broad SMARTS) is 1. The molecule has 0 spiro atoms. The van der Waals surface area contributed by atoms with Crippen molar-refractivity contribution in [3.8, 4) is 5.75 Å². The van der Waals surface area contributed by atoms with Gasteiger partial charge in [-0.05, 0) is 18.2 Å². The van der Waals surface area contributed by atoms with Crippen LogP contribution in [0, 0.1) is 5.92 Å². The van der Waals surface area contributed by atoms with Gasteiger partial charge in [-0.15, -0.1) is 0 Å². The zero-order chi connectivity index (χ0) is 13.1. The van der Waals surface area contributed by atoms with E-state index in [9.17, 15) is 4.79 Å². The first-order valence-corrected chi connectivity index (χ1v) is 5.62. The first-order valence-electron chi connectivity index (χ1n) is 5.62. The van der Waals surface area contributed by atoms with Crippen molar-refractivity contribution in [1.82, 2.24) is 9.97 Å². The quantitative estimate of drug-likeness (QED) is 0.892. The normalized spacial score (nSPS) is 12.3. The molecule has 0 fully saturated rings. The van der Waals surface area contributed by atoms with Gasteiger partial charge in [-0.3, -0.25) is 4.79 Å². The number of methoxy groups -OCH3 is 1. The maximum absolute atomic E-state index is 10.9. The van der Waals surface area contributed by atoms with Gasteiger partial charge < -0.3 is 9.84 Å². The zero-order valence-corrected chi connectivity index (χ0v) is 10.3. The summed E-state index contributed by atoms with van der Waals surface area (Å²) in [7, 11) is 1.59. The van der Waals surface area contributed by atoms with Gasteiger partial charge in [0.15, 0.2) is 0 Å². The minimum absolute atomic E-state index is 0.377. The van der Waals surface area contributed by atoms with Gasteiger partial charge in [0.05, 0.1) is 24.2 Å². The maximum atomic E-state index is 10.9. The molecule has 0 saturated carbocycles. The average Bonchev–Trinajstić information content (AvgIpc) is 2.38. The Hall–Kier alpha value is -2.17. The molecule has 1 heterocycles. The topological polar surface area (TPSA) is 72.3 Å². The molecular weight excluding hydrogens is 232 g/mol. The Bertz CT molecular complexity index is 583. The van der Waals surface area contributed by atoms with Gasteiger partial charge in [-0.1, -0.05) is 6.92 Å². The molecular formula is C13H14N2O3. The lowest BCUT2D eigenvalue weighted by Gasteiger charge is -2.09. The van der Waals surface area contributed by atoms with Gasteiger partial charge in [0.25, 0.3) is 0 Å². The minimum Gasteiger partial charge on any atom is -0.497 e. The molecule has 0 radical (unpaired) electrons. The number of benzene rings is 1. The molecule has 1 N–H and O–H groups in total. The molecule has 18 heavy (non-hydrogen) atoms. The second-order valence-corrected chi connectivity index (χ2v) is 4.15. The highest BCUT2D eigenvalue weighted by Crippen LogP contribution is 2.22. The number of fused-ring (bicyclic) bond motifs is 1. The van der Waals surface area contributed by atoms with Crippen LogP contribution in [0.1, 0.15) is 12.6 Å². The standard InChI is InChI=1S/C13H14N2O3/c1-8(13(16)17)5-12-10-6-9(18-2)3-4-11(10)14-7-15-12/h3-4,6-8H,5H2,1-2H3,(H,16,17). The van der Waals surface area contributed by atoms with Crippen molar-refractivity contribution in [3.63, 3.8) is 0 Å². The van der Waals surface area contributed by atoms with Crippen LogP contribution in [0.3, 0.4) is 0 Å². The van der Waals surface area contributed by atoms with E-state index in [1.54, 1.807) is 14.0 Å². The molecule has 0 aliphatic heterocycles. The predicted octanol–water partition coefficient (Wildman–Crippen LogP) is 1.90. The summed E-state index contributed by atoms with van der Waals surface area (Å²) >= 11 is 0. The summed E-state index contributed by atoms with van der Waals surface area (Å²) < 4.78 is 5.16. The lowest BCUT2D eigenvalue weighted by molar-refractivity contribution is -0.141. The Morgan fingerprint density at radius 1 is 1.44 bits per heavy atom. The van der Waals surface area contributed by atoms with Crippen LogP contribution in [0.15, 0.2) is 24.5 Å². The van der Waals surface area contributed by atoms with Crippen LogP contribution in [0.5, 0.6) is 5.75 Å². The third-order valence-corrected chi connectivity index (χ3v) is 2.85. The lowest BCUT2D eigenvalue weighted by Crippen LogP contribution is -2.13. The van der Waals surface area contributed by atoms with E-state index in [0.717, 1.165) is 16.6 Å². The number of aromatic nitrogens is 2. The van der Waals surface area contributed by atoms with Crippen molar-refractivity contribution < 1.29 is 14.6 Å². The molecule has 1 atom stereocenters. The molecule has 2 aromatic rings. The Kier molecular flexibility index (Phi) is 3.41. The first-order chi connectivity index (χ1) is 8.61. The summed E-state index contributed by atoms with van der Waals surface area (Å²) in [6.45, 7) is 1.66. The molecule has 1 aromatic carbocycles. The van der Waals surface area contributed by atoms with Crippen molar-refractivity contribution in [2.45, 2.75) is 13.3 Å². The first kappa shape index (κ1) is 12.3. The van der Waals surface area contributed by atoms with E-state index >= 15 is 0 Å². The van der Waals surface area contributed by atoms with Crippen LogP contribution >= 0.6 is 0 Å². The Labute approximate surface area is 104 Å². The highest BCUT2D eigenvalue weighted by molar-refractivity contribution is 5.82. The minimum atomic E-state index is -0.829. The summed E-state index contributed by atoms with van der Waals surface area (Å²) in [5, 5.41) is 9.79. The molecule has 0 amide bonds. The van der Waals surface area contributed by atoms with Crippen LogP contribution < -0.4 is 4.74 Å². The highest BCUT2D eigenvalue weighted by atomic mass is 16.5. The second kappa shape index (κ2) is 5.00. The fourth-order valence-electron chi connectivity index (χ4n) is 1.76. The molecule has 0 bridgehead atoms. The van der Waals surface area contributed by atoms with E-state index in [4.69, 9.17) is 9.84 Å². The second-order valence-electron chi connectivity index (χ2n) is 4.15. The number of hydrogen-bond donors (Lipinski definition) is 1. The smallest absolute Gasteiger partial charge is 0.306 e. The Morgan fingerprint density at radius 2 is 2.22 bits per heavy atom. The van der Waals surface area contributed by atoms with Crippen LogP contribution in [0.25, 0.3) is 10.9 Å². The summed E-state index contributed by atoms with van der Waals surface area (Å²) in [5.41, 5.74) is 1.52. The van der Waals surface area contributed by atoms with E-state index in [0.29, 0.717) is 12.2 Å². The van der Waals surface area contributed by atoms with Crippen LogP contribution in [0.2, 0.25) is 0 Å². The van der Waals surface area contributed by atoms with E-state index in [1.807, 2.05) is 18.2 Å². The Morgan fingerprint density at radius 3 is 2.89 bits per heavy atom. The van der Waals surface area contributed by atoms with Gasteiger partial charge in [-0.2, -0.15) is 0 Å². The average molecular weight is 246 g/mol. The third kappa shape index (κ3) is 2.40. The van der Waals surface area contributed by atoms with Crippen molar-refractivity contribution in [1.29, 1.82) is 0 Å². The number of nitrogens with zero attached hydrogens (tertiary/aromatic N) is 2. The largest absolute Gasteiger partial charge is 0.497 e. The van der Waals surface area contributed by atoms with Crippen molar-refractivity contribution >= 4 is 16.9 Å². The van der Waals surface area contributed by atoms with Crippen molar-refractivity contribution in [3.05, 3.63) is 30.2 Å². The predicted molar refractivity (Wildman–Crippen MR) is 66.6 cm³/mol. The number of aliphatic carboxylic acids is 1. The van der Waals surface area contributed by atoms with Crippen molar-refractivity contribution in [2.75, 3.05) is 7.11 Å². The van der Waals surface area contributed by atoms with E-state index in [1.165, 1.54) is 6.33 Å². The molecule has 1 aromatic heterocycles. The number of carboxylic acids is 1. The van der Waals surface area contributed by atoms with Crippen molar-refractivity contribution in [2.24, 2.45) is 5.92 Å². The third-order valence-electron chi connectivity index (χ3n) is 2.85. The molecule has 0 aliphatic carbocycles. The summed E-state index contributed by atoms with van der Waals surface area (Å²) in [6.07, 6.45) is 1.83. The van der Waals surface area contributed by atoms with Crippen LogP contribution in [0.4, 0.5) is 0 Å². The molecule has 0 aliphatic rings.